The molecule has 0 radical (unpaired) electrons. The lowest BCUT2D eigenvalue weighted by Gasteiger charge is -2.32. The summed E-state index contributed by atoms with van der Waals surface area (Å²) in [4.78, 5) is 8.55. The van der Waals surface area contributed by atoms with Crippen molar-refractivity contribution in [3.05, 3.63) is 45.6 Å². The molecule has 1 aromatic heterocycles. The van der Waals surface area contributed by atoms with Crippen LogP contribution in [0.5, 0.6) is 11.5 Å². The van der Waals surface area contributed by atoms with Crippen LogP contribution in [0.3, 0.4) is 0 Å². The molecule has 5 nitrogen and oxygen atoms in total. The van der Waals surface area contributed by atoms with Gasteiger partial charge in [-0.15, -0.1) is 11.3 Å². The molecule has 140 valence electrons. The minimum Gasteiger partial charge on any atom is -0.493 e. The molecule has 6 heteroatoms. The van der Waals surface area contributed by atoms with Crippen LogP contribution >= 0.6 is 11.3 Å². The summed E-state index contributed by atoms with van der Waals surface area (Å²) in [6.07, 6.45) is 1.97. The fourth-order valence-electron chi connectivity index (χ4n) is 3.22. The van der Waals surface area contributed by atoms with E-state index in [4.69, 9.17) is 14.5 Å². The normalized spacial score (nSPS) is 14.1. The van der Waals surface area contributed by atoms with Crippen molar-refractivity contribution in [1.29, 1.82) is 0 Å². The molecule has 0 amide bonds. The average molecular weight is 374 g/mol. The molecule has 0 spiro atoms. The van der Waals surface area contributed by atoms with Gasteiger partial charge in [-0.1, -0.05) is 6.07 Å². The second kappa shape index (κ2) is 8.94. The maximum Gasteiger partial charge on any atom is 0.194 e. The number of nitrogens with one attached hydrogen (secondary N) is 1. The third kappa shape index (κ3) is 4.30. The third-order valence-electron chi connectivity index (χ3n) is 4.55. The third-order valence-corrected chi connectivity index (χ3v) is 5.49. The van der Waals surface area contributed by atoms with Gasteiger partial charge in [0.25, 0.3) is 0 Å². The molecular formula is C20H27N3O2S. The van der Waals surface area contributed by atoms with E-state index in [0.29, 0.717) is 0 Å². The van der Waals surface area contributed by atoms with Crippen LogP contribution in [0.25, 0.3) is 0 Å². The van der Waals surface area contributed by atoms with Crippen LogP contribution in [0, 0.1) is 0 Å². The fourth-order valence-corrected chi connectivity index (χ4v) is 3.91. The van der Waals surface area contributed by atoms with Gasteiger partial charge in [0.2, 0.25) is 0 Å². The molecule has 1 aliphatic heterocycles. The first-order chi connectivity index (χ1) is 12.7. The van der Waals surface area contributed by atoms with E-state index >= 15 is 0 Å². The summed E-state index contributed by atoms with van der Waals surface area (Å²) in [5, 5.41) is 5.56. The molecule has 0 atom stereocenters. The van der Waals surface area contributed by atoms with Crippen LogP contribution in [-0.4, -0.2) is 44.7 Å². The van der Waals surface area contributed by atoms with Gasteiger partial charge in [-0.2, -0.15) is 0 Å². The largest absolute Gasteiger partial charge is 0.493 e. The quantitative estimate of drug-likeness (QED) is 0.623. The molecule has 2 aromatic rings. The van der Waals surface area contributed by atoms with Gasteiger partial charge in [-0.25, -0.2) is 0 Å². The molecule has 1 aromatic carbocycles. The predicted octanol–water partition coefficient (Wildman–Crippen LogP) is 3.33. The monoisotopic (exact) mass is 373 g/mol. The van der Waals surface area contributed by atoms with E-state index < -0.39 is 0 Å². The Hall–Kier alpha value is -2.21. The first-order valence-corrected chi connectivity index (χ1v) is 9.92. The number of fused-ring (bicyclic) bond motifs is 1. The van der Waals surface area contributed by atoms with E-state index in [1.165, 1.54) is 16.0 Å². The number of thiophene rings is 1. The van der Waals surface area contributed by atoms with Crippen molar-refractivity contribution in [2.75, 3.05) is 33.9 Å². The second-order valence-electron chi connectivity index (χ2n) is 6.21. The van der Waals surface area contributed by atoms with E-state index in [1.54, 1.807) is 25.6 Å². The highest BCUT2D eigenvalue weighted by atomic mass is 32.1. The zero-order valence-electron chi connectivity index (χ0n) is 15.7. The highest BCUT2D eigenvalue weighted by Gasteiger charge is 2.21. The molecule has 1 N–H and O–H groups in total. The van der Waals surface area contributed by atoms with Crippen molar-refractivity contribution in [2.45, 2.75) is 26.3 Å². The van der Waals surface area contributed by atoms with E-state index in [-0.39, 0.29) is 0 Å². The SMILES string of the molecule is CCNC(=NCCc1cccs1)N1CCc2cc(OC)c(OC)cc2C1. The van der Waals surface area contributed by atoms with Gasteiger partial charge in [0, 0.05) is 37.5 Å². The first-order valence-electron chi connectivity index (χ1n) is 9.04. The molecular weight excluding hydrogens is 346 g/mol. The first kappa shape index (κ1) is 18.6. The fraction of sp³-hybridized carbons (Fsp3) is 0.450. The Balaban J connectivity index is 1.73. The van der Waals surface area contributed by atoms with Crippen molar-refractivity contribution < 1.29 is 9.47 Å². The molecule has 0 unspecified atom stereocenters. The van der Waals surface area contributed by atoms with Gasteiger partial charge >= 0.3 is 0 Å². The number of aliphatic imine (C=N–C) groups is 1. The maximum absolute atomic E-state index is 5.46. The molecule has 3 rings (SSSR count). The van der Waals surface area contributed by atoms with E-state index in [9.17, 15) is 0 Å². The average Bonchev–Trinajstić information content (AvgIpc) is 3.19. The lowest BCUT2D eigenvalue weighted by atomic mass is 9.99. The molecule has 0 fully saturated rings. The van der Waals surface area contributed by atoms with Gasteiger partial charge in [0.1, 0.15) is 0 Å². The van der Waals surface area contributed by atoms with Gasteiger partial charge in [0.05, 0.1) is 14.2 Å². The number of methoxy groups -OCH3 is 2. The van der Waals surface area contributed by atoms with Gasteiger partial charge in [-0.3, -0.25) is 4.99 Å². The van der Waals surface area contributed by atoms with Crippen molar-refractivity contribution in [1.82, 2.24) is 10.2 Å². The molecule has 2 heterocycles. The van der Waals surface area contributed by atoms with Crippen LogP contribution in [0.1, 0.15) is 22.9 Å². The number of nitrogens with zero attached hydrogens (tertiary/aromatic N) is 2. The Morgan fingerprint density at radius 2 is 2.00 bits per heavy atom. The smallest absolute Gasteiger partial charge is 0.194 e. The minimum atomic E-state index is 0.785. The number of ether oxygens (including phenoxy) is 2. The summed E-state index contributed by atoms with van der Waals surface area (Å²) in [5.74, 6) is 2.58. The van der Waals surface area contributed by atoms with Crippen molar-refractivity contribution in [2.24, 2.45) is 4.99 Å². The molecule has 0 saturated carbocycles. The summed E-state index contributed by atoms with van der Waals surface area (Å²) in [6, 6.07) is 8.46. The van der Waals surface area contributed by atoms with E-state index in [2.05, 4.69) is 46.8 Å². The second-order valence-corrected chi connectivity index (χ2v) is 7.24. The Morgan fingerprint density at radius 3 is 2.65 bits per heavy atom. The van der Waals surface area contributed by atoms with Gasteiger partial charge in [-0.05, 0) is 48.1 Å². The molecule has 0 aliphatic carbocycles. The summed E-state index contributed by atoms with van der Waals surface area (Å²) < 4.78 is 10.9. The van der Waals surface area contributed by atoms with Crippen LogP contribution in [-0.2, 0) is 19.4 Å². The number of hydrogen-bond acceptors (Lipinski definition) is 4. The summed E-state index contributed by atoms with van der Waals surface area (Å²) >= 11 is 1.79. The van der Waals surface area contributed by atoms with Gasteiger partial charge < -0.3 is 19.7 Å². The molecule has 1 aliphatic rings. The van der Waals surface area contributed by atoms with Crippen molar-refractivity contribution in [3.8, 4) is 11.5 Å². The van der Waals surface area contributed by atoms with Crippen LogP contribution in [0.2, 0.25) is 0 Å². The Labute approximate surface area is 159 Å². The highest BCUT2D eigenvalue weighted by molar-refractivity contribution is 7.09. The standard InChI is InChI=1S/C20H27N3O2S/c1-4-21-20(22-9-7-17-6-5-11-26-17)23-10-8-15-12-18(24-2)19(25-3)13-16(15)14-23/h5-6,11-13H,4,7-10,14H2,1-3H3,(H,21,22). The van der Waals surface area contributed by atoms with Crippen molar-refractivity contribution in [3.63, 3.8) is 0 Å². The Morgan fingerprint density at radius 1 is 1.23 bits per heavy atom. The predicted molar refractivity (Wildman–Crippen MR) is 108 cm³/mol. The van der Waals surface area contributed by atoms with E-state index in [0.717, 1.165) is 56.5 Å². The molecule has 0 saturated heterocycles. The summed E-state index contributed by atoms with van der Waals surface area (Å²) in [7, 11) is 3.36. The van der Waals surface area contributed by atoms with Gasteiger partial charge in [0.15, 0.2) is 17.5 Å². The number of guanidine groups is 1. The highest BCUT2D eigenvalue weighted by Crippen LogP contribution is 2.33. The van der Waals surface area contributed by atoms with Crippen LogP contribution in [0.4, 0.5) is 0 Å². The van der Waals surface area contributed by atoms with Crippen LogP contribution in [0.15, 0.2) is 34.6 Å². The number of benzene rings is 1. The summed E-state index contributed by atoms with van der Waals surface area (Å²) in [5.41, 5.74) is 2.60. The number of hydrogen-bond donors (Lipinski definition) is 1. The Kier molecular flexibility index (Phi) is 6.39. The topological polar surface area (TPSA) is 46.1 Å². The van der Waals surface area contributed by atoms with Crippen molar-refractivity contribution >= 4 is 17.3 Å². The summed E-state index contributed by atoms with van der Waals surface area (Å²) in [6.45, 7) is 5.57. The lowest BCUT2D eigenvalue weighted by Crippen LogP contribution is -2.44. The molecule has 0 bridgehead atoms. The zero-order chi connectivity index (χ0) is 18.4. The Bertz CT molecular complexity index is 744. The molecule has 26 heavy (non-hydrogen) atoms. The number of rotatable bonds is 6. The van der Waals surface area contributed by atoms with Crippen LogP contribution < -0.4 is 14.8 Å². The van der Waals surface area contributed by atoms with E-state index in [1.807, 2.05) is 0 Å². The zero-order valence-corrected chi connectivity index (χ0v) is 16.6. The maximum atomic E-state index is 5.46. The minimum absolute atomic E-state index is 0.785. The lowest BCUT2D eigenvalue weighted by molar-refractivity contribution is 0.346.